The molecule has 0 fully saturated rings. The minimum Gasteiger partial charge on any atom is -0.267 e. The van der Waals surface area contributed by atoms with Gasteiger partial charge in [-0.05, 0) is 12.1 Å². The summed E-state index contributed by atoms with van der Waals surface area (Å²) in [6.45, 7) is 0. The third-order valence-electron chi connectivity index (χ3n) is 4.75. The van der Waals surface area contributed by atoms with Gasteiger partial charge in [-0.25, -0.2) is 13.8 Å². The van der Waals surface area contributed by atoms with Crippen LogP contribution < -0.4 is 10.1 Å². The van der Waals surface area contributed by atoms with Crippen molar-refractivity contribution in [3.63, 3.8) is 0 Å². The lowest BCUT2D eigenvalue weighted by Gasteiger charge is -2.04. The zero-order chi connectivity index (χ0) is 19.8. The summed E-state index contributed by atoms with van der Waals surface area (Å²) in [7, 11) is 0. The summed E-state index contributed by atoms with van der Waals surface area (Å²) in [5.41, 5.74) is 3.56. The zero-order valence-corrected chi connectivity index (χ0v) is 16.1. The molecular weight excluding hydrogens is 383 g/mol. The number of imidazole rings is 1. The molecule has 0 bridgehead atoms. The van der Waals surface area contributed by atoms with Crippen LogP contribution in [-0.4, -0.2) is 9.38 Å². The lowest BCUT2D eigenvalue weighted by Crippen LogP contribution is -2.23. The van der Waals surface area contributed by atoms with Crippen LogP contribution in [0.1, 0.15) is 5.56 Å². The summed E-state index contributed by atoms with van der Waals surface area (Å²) in [5, 5.41) is 0. The fourth-order valence-electron chi connectivity index (χ4n) is 3.39. The van der Waals surface area contributed by atoms with Crippen molar-refractivity contribution in [2.45, 2.75) is 0 Å². The number of nitrogens with zero attached hydrogens (tertiary/aromatic N) is 2. The first-order chi connectivity index (χ1) is 14.2. The van der Waals surface area contributed by atoms with Crippen LogP contribution in [0.4, 0.5) is 4.39 Å². The van der Waals surface area contributed by atoms with Gasteiger partial charge in [0.1, 0.15) is 5.82 Å². The number of fused-ring (bicyclic) bond motifs is 1. The maximum Gasteiger partial charge on any atom is 0.274 e. The van der Waals surface area contributed by atoms with Gasteiger partial charge in [0.25, 0.3) is 5.56 Å². The molecule has 2 heterocycles. The quantitative estimate of drug-likeness (QED) is 0.438. The van der Waals surface area contributed by atoms with Gasteiger partial charge in [-0.1, -0.05) is 90.2 Å². The second-order valence-corrected chi connectivity index (χ2v) is 7.61. The van der Waals surface area contributed by atoms with Crippen LogP contribution in [0.15, 0.2) is 89.7 Å². The molecule has 0 amide bonds. The summed E-state index contributed by atoms with van der Waals surface area (Å²) < 4.78 is 16.2. The maximum absolute atomic E-state index is 14.1. The van der Waals surface area contributed by atoms with Crippen molar-refractivity contribution >= 4 is 22.4 Å². The average molecular weight is 398 g/mol. The topological polar surface area (TPSA) is 34.4 Å². The predicted molar refractivity (Wildman–Crippen MR) is 115 cm³/mol. The zero-order valence-electron chi connectivity index (χ0n) is 15.2. The Morgan fingerprint density at radius 1 is 0.828 bits per heavy atom. The summed E-state index contributed by atoms with van der Waals surface area (Å²) in [6.07, 6.45) is 1.59. The standard InChI is InChI=1S/C24H15FN2OS/c25-19-14-8-7-13-18(19)15-20-23(28)27-22(17-11-5-2-6-12-17)21(26-24(27)29-20)16-9-3-1-4-10-16/h1-15H. The normalized spacial score (nSPS) is 12.0. The summed E-state index contributed by atoms with van der Waals surface area (Å²) in [4.78, 5) is 18.6. The average Bonchev–Trinajstić information content (AvgIpc) is 3.28. The Kier molecular flexibility index (Phi) is 4.30. The van der Waals surface area contributed by atoms with Crippen molar-refractivity contribution in [2.24, 2.45) is 0 Å². The summed E-state index contributed by atoms with van der Waals surface area (Å²) in [5.74, 6) is -0.355. The Hall–Kier alpha value is -3.57. The molecule has 0 atom stereocenters. The van der Waals surface area contributed by atoms with Gasteiger partial charge in [-0.15, -0.1) is 0 Å². The van der Waals surface area contributed by atoms with Crippen LogP contribution in [0.5, 0.6) is 0 Å². The van der Waals surface area contributed by atoms with Crippen molar-refractivity contribution < 1.29 is 4.39 Å². The Bertz CT molecular complexity index is 1420. The molecular formula is C24H15FN2OS. The van der Waals surface area contributed by atoms with Crippen LogP contribution >= 0.6 is 11.3 Å². The largest absolute Gasteiger partial charge is 0.274 e. The fourth-order valence-corrected chi connectivity index (χ4v) is 4.36. The van der Waals surface area contributed by atoms with Crippen LogP contribution in [0.2, 0.25) is 0 Å². The lowest BCUT2D eigenvalue weighted by atomic mass is 10.1. The molecule has 0 aliphatic rings. The van der Waals surface area contributed by atoms with Gasteiger partial charge in [-0.2, -0.15) is 0 Å². The second kappa shape index (κ2) is 7.11. The third kappa shape index (κ3) is 3.05. The van der Waals surface area contributed by atoms with Gasteiger partial charge in [-0.3, -0.25) is 4.79 Å². The monoisotopic (exact) mass is 398 g/mol. The van der Waals surface area contributed by atoms with Gasteiger partial charge >= 0.3 is 0 Å². The molecule has 3 nitrogen and oxygen atoms in total. The molecule has 0 saturated carbocycles. The molecule has 5 aromatic rings. The highest BCUT2D eigenvalue weighted by molar-refractivity contribution is 7.15. The molecule has 0 N–H and O–H groups in total. The summed E-state index contributed by atoms with van der Waals surface area (Å²) in [6, 6.07) is 26.0. The molecule has 0 aliphatic heterocycles. The van der Waals surface area contributed by atoms with Crippen molar-refractivity contribution in [1.82, 2.24) is 9.38 Å². The number of hydrogen-bond donors (Lipinski definition) is 0. The fraction of sp³-hybridized carbons (Fsp3) is 0. The minimum atomic E-state index is -0.355. The van der Waals surface area contributed by atoms with Gasteiger partial charge in [0.15, 0.2) is 4.96 Å². The Balaban J connectivity index is 1.82. The van der Waals surface area contributed by atoms with Crippen molar-refractivity contribution in [3.05, 3.63) is 111 Å². The van der Waals surface area contributed by atoms with E-state index in [1.807, 2.05) is 60.7 Å². The Morgan fingerprint density at radius 2 is 1.45 bits per heavy atom. The second-order valence-electron chi connectivity index (χ2n) is 6.60. The molecule has 0 unspecified atom stereocenters. The third-order valence-corrected chi connectivity index (χ3v) is 5.72. The van der Waals surface area contributed by atoms with Gasteiger partial charge in [0.05, 0.1) is 15.9 Å². The highest BCUT2D eigenvalue weighted by atomic mass is 32.1. The Labute approximate surface area is 170 Å². The molecule has 140 valence electrons. The number of halogens is 1. The first kappa shape index (κ1) is 17.5. The van der Waals surface area contributed by atoms with E-state index in [0.717, 1.165) is 22.5 Å². The molecule has 5 heteroatoms. The number of aromatic nitrogens is 2. The molecule has 2 aromatic heterocycles. The first-order valence-corrected chi connectivity index (χ1v) is 9.96. The van der Waals surface area contributed by atoms with Crippen LogP contribution in [0.3, 0.4) is 0 Å². The molecule has 0 radical (unpaired) electrons. The number of rotatable bonds is 3. The minimum absolute atomic E-state index is 0.193. The SMILES string of the molecule is O=c1c(=Cc2ccccc2F)sc2nc(-c3ccccc3)c(-c3ccccc3)n12. The molecule has 5 rings (SSSR count). The van der Waals surface area contributed by atoms with Crippen LogP contribution in [0, 0.1) is 5.82 Å². The lowest BCUT2D eigenvalue weighted by molar-refractivity contribution is 0.625. The van der Waals surface area contributed by atoms with Crippen molar-refractivity contribution in [2.75, 3.05) is 0 Å². The maximum atomic E-state index is 14.1. The molecule has 3 aromatic carbocycles. The van der Waals surface area contributed by atoms with E-state index in [9.17, 15) is 9.18 Å². The van der Waals surface area contributed by atoms with Gasteiger partial charge in [0, 0.05) is 16.7 Å². The highest BCUT2D eigenvalue weighted by Gasteiger charge is 2.19. The number of hydrogen-bond acceptors (Lipinski definition) is 3. The van der Waals surface area contributed by atoms with Gasteiger partial charge < -0.3 is 0 Å². The molecule has 0 spiro atoms. The van der Waals surface area contributed by atoms with E-state index in [-0.39, 0.29) is 11.4 Å². The van der Waals surface area contributed by atoms with Crippen molar-refractivity contribution in [1.29, 1.82) is 0 Å². The smallest absolute Gasteiger partial charge is 0.267 e. The van der Waals surface area contributed by atoms with E-state index >= 15 is 0 Å². The van der Waals surface area contributed by atoms with E-state index < -0.39 is 0 Å². The highest BCUT2D eigenvalue weighted by Crippen LogP contribution is 2.32. The number of thiazole rings is 1. The van der Waals surface area contributed by atoms with E-state index in [0.29, 0.717) is 15.1 Å². The van der Waals surface area contributed by atoms with E-state index in [4.69, 9.17) is 4.98 Å². The van der Waals surface area contributed by atoms with E-state index in [2.05, 4.69) is 0 Å². The van der Waals surface area contributed by atoms with Crippen LogP contribution in [-0.2, 0) is 0 Å². The van der Waals surface area contributed by atoms with E-state index in [1.54, 1.807) is 28.7 Å². The molecule has 0 saturated heterocycles. The van der Waals surface area contributed by atoms with Gasteiger partial charge in [0.2, 0.25) is 0 Å². The van der Waals surface area contributed by atoms with Crippen molar-refractivity contribution in [3.8, 4) is 22.5 Å². The molecule has 29 heavy (non-hydrogen) atoms. The summed E-state index contributed by atoms with van der Waals surface area (Å²) >= 11 is 1.27. The Morgan fingerprint density at radius 3 is 2.14 bits per heavy atom. The predicted octanol–water partition coefficient (Wildman–Crippen LogP) is 4.78. The number of benzene rings is 3. The first-order valence-electron chi connectivity index (χ1n) is 9.15. The molecule has 0 aliphatic carbocycles. The van der Waals surface area contributed by atoms with E-state index in [1.165, 1.54) is 17.4 Å². The van der Waals surface area contributed by atoms with Crippen LogP contribution in [0.25, 0.3) is 33.6 Å².